The van der Waals surface area contributed by atoms with E-state index in [1.807, 2.05) is 0 Å². The van der Waals surface area contributed by atoms with Gasteiger partial charge in [-0.1, -0.05) is 19.1 Å². The third-order valence-corrected chi connectivity index (χ3v) is 3.69. The van der Waals surface area contributed by atoms with Crippen molar-refractivity contribution in [1.82, 2.24) is 5.32 Å². The molecule has 2 unspecified atom stereocenters. The van der Waals surface area contributed by atoms with Crippen LogP contribution in [0.25, 0.3) is 0 Å². The first-order chi connectivity index (χ1) is 6.79. The molecule has 0 aromatic heterocycles. The van der Waals surface area contributed by atoms with Crippen molar-refractivity contribution in [3.05, 3.63) is 12.2 Å². The van der Waals surface area contributed by atoms with Gasteiger partial charge in [-0.15, -0.1) is 0 Å². The van der Waals surface area contributed by atoms with Crippen LogP contribution in [0.1, 0.15) is 26.2 Å². The van der Waals surface area contributed by atoms with Gasteiger partial charge < -0.3 is 5.32 Å². The number of hydrogen-bond donors (Lipinski definition) is 1. The quantitative estimate of drug-likeness (QED) is 0.643. The Hall–Kier alpha value is -0.630. The Morgan fingerprint density at radius 2 is 2.07 bits per heavy atom. The summed E-state index contributed by atoms with van der Waals surface area (Å²) in [4.78, 5) is 11.6. The molecule has 0 saturated carbocycles. The summed E-state index contributed by atoms with van der Waals surface area (Å²) in [7, 11) is 0. The van der Waals surface area contributed by atoms with Crippen LogP contribution in [0.4, 0.5) is 0 Å². The van der Waals surface area contributed by atoms with Crippen LogP contribution in [0, 0.1) is 17.8 Å². The van der Waals surface area contributed by atoms with Gasteiger partial charge >= 0.3 is 0 Å². The molecule has 1 saturated heterocycles. The molecule has 2 rings (SSSR count). The zero-order chi connectivity index (χ0) is 9.97. The fourth-order valence-electron chi connectivity index (χ4n) is 2.70. The predicted molar refractivity (Wildman–Crippen MR) is 57.0 cm³/mol. The first-order valence-electron chi connectivity index (χ1n) is 5.69. The van der Waals surface area contributed by atoms with E-state index in [0.29, 0.717) is 18.1 Å². The van der Waals surface area contributed by atoms with Crippen molar-refractivity contribution in [2.75, 3.05) is 13.1 Å². The van der Waals surface area contributed by atoms with Crippen molar-refractivity contribution in [3.8, 4) is 0 Å². The van der Waals surface area contributed by atoms with Crippen molar-refractivity contribution in [3.63, 3.8) is 0 Å². The number of Topliss-reactive ketones (excluding diaryl/α,β-unsaturated/α-hetero) is 1. The maximum absolute atomic E-state index is 11.6. The molecule has 1 fully saturated rings. The summed E-state index contributed by atoms with van der Waals surface area (Å²) in [6.07, 6.45) is 7.46. The highest BCUT2D eigenvalue weighted by Crippen LogP contribution is 2.32. The topological polar surface area (TPSA) is 29.1 Å². The third-order valence-electron chi connectivity index (χ3n) is 3.69. The van der Waals surface area contributed by atoms with Gasteiger partial charge in [-0.3, -0.25) is 4.79 Å². The Kier molecular flexibility index (Phi) is 3.02. The van der Waals surface area contributed by atoms with Crippen LogP contribution >= 0.6 is 0 Å². The second-order valence-corrected chi connectivity index (χ2v) is 4.55. The smallest absolute Gasteiger partial charge is 0.140 e. The molecule has 2 atom stereocenters. The summed E-state index contributed by atoms with van der Waals surface area (Å²) >= 11 is 0. The van der Waals surface area contributed by atoms with Crippen LogP contribution in [-0.2, 0) is 4.79 Å². The SMILES string of the molecule is CC1C(=O)CC=CC1C1CCNCC1. The van der Waals surface area contributed by atoms with Gasteiger partial charge in [0.1, 0.15) is 5.78 Å². The number of carbonyl (C=O) groups is 1. The zero-order valence-corrected chi connectivity index (χ0v) is 8.83. The fraction of sp³-hybridized carbons (Fsp3) is 0.750. The second-order valence-electron chi connectivity index (χ2n) is 4.55. The zero-order valence-electron chi connectivity index (χ0n) is 8.83. The summed E-state index contributed by atoms with van der Waals surface area (Å²) in [6, 6.07) is 0. The minimum atomic E-state index is 0.253. The minimum absolute atomic E-state index is 0.253. The molecule has 0 amide bonds. The molecule has 14 heavy (non-hydrogen) atoms. The number of hydrogen-bond acceptors (Lipinski definition) is 2. The number of nitrogens with one attached hydrogen (secondary N) is 1. The molecule has 0 aromatic rings. The normalized spacial score (nSPS) is 34.8. The molecule has 0 radical (unpaired) electrons. The van der Waals surface area contributed by atoms with Gasteiger partial charge in [0.25, 0.3) is 0 Å². The lowest BCUT2D eigenvalue weighted by Gasteiger charge is -2.33. The number of piperidine rings is 1. The molecule has 2 aliphatic rings. The average Bonchev–Trinajstić information content (AvgIpc) is 2.23. The van der Waals surface area contributed by atoms with E-state index in [2.05, 4.69) is 24.4 Å². The van der Waals surface area contributed by atoms with E-state index in [-0.39, 0.29) is 5.92 Å². The van der Waals surface area contributed by atoms with Crippen molar-refractivity contribution in [1.29, 1.82) is 0 Å². The highest BCUT2D eigenvalue weighted by Gasteiger charge is 2.31. The molecule has 1 aliphatic carbocycles. The first kappa shape index (κ1) is 9.91. The van der Waals surface area contributed by atoms with E-state index in [1.165, 1.54) is 12.8 Å². The Balaban J connectivity index is 2.04. The molecule has 1 heterocycles. The van der Waals surface area contributed by atoms with E-state index >= 15 is 0 Å². The van der Waals surface area contributed by atoms with Crippen molar-refractivity contribution in [2.45, 2.75) is 26.2 Å². The number of carbonyl (C=O) groups excluding carboxylic acids is 1. The Bertz CT molecular complexity index is 241. The summed E-state index contributed by atoms with van der Waals surface area (Å²) < 4.78 is 0. The highest BCUT2D eigenvalue weighted by atomic mass is 16.1. The van der Waals surface area contributed by atoms with E-state index in [0.717, 1.165) is 19.0 Å². The fourth-order valence-corrected chi connectivity index (χ4v) is 2.70. The average molecular weight is 193 g/mol. The largest absolute Gasteiger partial charge is 0.317 e. The summed E-state index contributed by atoms with van der Waals surface area (Å²) in [5.74, 6) is 1.92. The van der Waals surface area contributed by atoms with E-state index in [1.54, 1.807) is 0 Å². The molecule has 0 spiro atoms. The molecular formula is C12H19NO. The van der Waals surface area contributed by atoms with E-state index < -0.39 is 0 Å². The van der Waals surface area contributed by atoms with E-state index in [9.17, 15) is 4.79 Å². The van der Waals surface area contributed by atoms with Crippen molar-refractivity contribution in [2.24, 2.45) is 17.8 Å². The maximum atomic E-state index is 11.6. The van der Waals surface area contributed by atoms with Crippen LogP contribution in [-0.4, -0.2) is 18.9 Å². The number of rotatable bonds is 1. The van der Waals surface area contributed by atoms with Crippen molar-refractivity contribution < 1.29 is 4.79 Å². The summed E-state index contributed by atoms with van der Waals surface area (Å²) in [5.41, 5.74) is 0. The maximum Gasteiger partial charge on any atom is 0.140 e. The molecule has 1 aliphatic heterocycles. The van der Waals surface area contributed by atoms with Crippen LogP contribution in [0.15, 0.2) is 12.2 Å². The lowest BCUT2D eigenvalue weighted by molar-refractivity contribution is -0.123. The lowest BCUT2D eigenvalue weighted by Crippen LogP contribution is -2.36. The monoisotopic (exact) mass is 193 g/mol. The predicted octanol–water partition coefficient (Wildman–Crippen LogP) is 1.77. The van der Waals surface area contributed by atoms with Crippen LogP contribution in [0.3, 0.4) is 0 Å². The molecule has 0 bridgehead atoms. The number of ketones is 1. The lowest BCUT2D eigenvalue weighted by atomic mass is 9.73. The summed E-state index contributed by atoms with van der Waals surface area (Å²) in [6.45, 7) is 4.34. The van der Waals surface area contributed by atoms with Crippen LogP contribution in [0.5, 0.6) is 0 Å². The molecule has 2 nitrogen and oxygen atoms in total. The van der Waals surface area contributed by atoms with Gasteiger partial charge in [0, 0.05) is 12.3 Å². The van der Waals surface area contributed by atoms with Crippen molar-refractivity contribution >= 4 is 5.78 Å². The standard InChI is InChI=1S/C12H19NO/c1-9-11(3-2-4-12(9)14)10-5-7-13-8-6-10/h2-3,9-11,13H,4-8H2,1H3. The van der Waals surface area contributed by atoms with Gasteiger partial charge in [-0.2, -0.15) is 0 Å². The van der Waals surface area contributed by atoms with Gasteiger partial charge in [0.05, 0.1) is 0 Å². The van der Waals surface area contributed by atoms with Crippen LogP contribution < -0.4 is 5.32 Å². The Morgan fingerprint density at radius 1 is 1.36 bits per heavy atom. The van der Waals surface area contributed by atoms with Crippen LogP contribution in [0.2, 0.25) is 0 Å². The van der Waals surface area contributed by atoms with Gasteiger partial charge in [0.15, 0.2) is 0 Å². The molecule has 0 aromatic carbocycles. The Morgan fingerprint density at radius 3 is 2.79 bits per heavy atom. The number of allylic oxidation sites excluding steroid dienone is 2. The first-order valence-corrected chi connectivity index (χ1v) is 5.69. The molecular weight excluding hydrogens is 174 g/mol. The summed E-state index contributed by atoms with van der Waals surface area (Å²) in [5, 5.41) is 3.37. The van der Waals surface area contributed by atoms with Gasteiger partial charge in [-0.05, 0) is 37.8 Å². The third kappa shape index (κ3) is 1.90. The highest BCUT2D eigenvalue weighted by molar-refractivity contribution is 5.83. The molecule has 1 N–H and O–H groups in total. The van der Waals surface area contributed by atoms with Gasteiger partial charge in [0.2, 0.25) is 0 Å². The molecule has 2 heteroatoms. The minimum Gasteiger partial charge on any atom is -0.317 e. The molecule has 78 valence electrons. The van der Waals surface area contributed by atoms with E-state index in [4.69, 9.17) is 0 Å². The van der Waals surface area contributed by atoms with Gasteiger partial charge in [-0.25, -0.2) is 0 Å². The Labute approximate surface area is 85.8 Å². The second kappa shape index (κ2) is 4.26.